The molecule has 0 aliphatic heterocycles. The van der Waals surface area contributed by atoms with Gasteiger partial charge in [0.25, 0.3) is 5.91 Å². The Kier molecular flexibility index (Phi) is 4.86. The number of phenolic OH excluding ortho intramolecular Hbond substituents is 1. The third-order valence-electron chi connectivity index (χ3n) is 2.32. The Morgan fingerprint density at radius 1 is 1.30 bits per heavy atom. The minimum absolute atomic E-state index is 0.111. The fourth-order valence-corrected chi connectivity index (χ4v) is 2.60. The van der Waals surface area contributed by atoms with E-state index in [0.717, 1.165) is 0 Å². The van der Waals surface area contributed by atoms with Crippen LogP contribution in [0.2, 0.25) is 0 Å². The summed E-state index contributed by atoms with van der Waals surface area (Å²) in [5.41, 5.74) is 3.38. The summed E-state index contributed by atoms with van der Waals surface area (Å²) in [6.45, 7) is 0. The summed E-state index contributed by atoms with van der Waals surface area (Å²) in [6.07, 6.45) is 3.00. The van der Waals surface area contributed by atoms with Gasteiger partial charge in [-0.3, -0.25) is 9.78 Å². The number of hydrazone groups is 1. The molecule has 102 valence electrons. The number of hydrogen-bond donors (Lipinski definition) is 2. The molecular weight excluding hydrogens is 390 g/mol. The predicted molar refractivity (Wildman–Crippen MR) is 82.8 cm³/mol. The van der Waals surface area contributed by atoms with Gasteiger partial charge in [0.05, 0.1) is 15.2 Å². The molecule has 0 atom stereocenters. The molecule has 0 fully saturated rings. The highest BCUT2D eigenvalue weighted by Gasteiger charge is 2.06. The van der Waals surface area contributed by atoms with Gasteiger partial charge < -0.3 is 5.11 Å². The quantitative estimate of drug-likeness (QED) is 0.616. The molecule has 5 nitrogen and oxygen atoms in total. The van der Waals surface area contributed by atoms with Gasteiger partial charge in [-0.05, 0) is 61.7 Å². The second kappa shape index (κ2) is 6.62. The van der Waals surface area contributed by atoms with Crippen molar-refractivity contribution < 1.29 is 9.90 Å². The molecule has 0 bridgehead atoms. The van der Waals surface area contributed by atoms with Gasteiger partial charge in [-0.25, -0.2) is 5.43 Å². The second-order valence-electron chi connectivity index (χ2n) is 3.75. The molecule has 0 saturated carbocycles. The van der Waals surface area contributed by atoms with Crippen LogP contribution >= 0.6 is 31.9 Å². The first-order chi connectivity index (χ1) is 9.58. The minimum Gasteiger partial charge on any atom is -0.506 e. The smallest absolute Gasteiger partial charge is 0.289 e. The maximum Gasteiger partial charge on any atom is 0.289 e. The molecule has 2 N–H and O–H groups in total. The molecule has 7 heteroatoms. The Morgan fingerprint density at radius 3 is 2.60 bits per heavy atom. The third kappa shape index (κ3) is 3.64. The molecule has 1 aromatic heterocycles. The van der Waals surface area contributed by atoms with E-state index in [-0.39, 0.29) is 11.4 Å². The van der Waals surface area contributed by atoms with Crippen LogP contribution in [-0.2, 0) is 0 Å². The van der Waals surface area contributed by atoms with E-state index in [9.17, 15) is 9.90 Å². The molecule has 2 aromatic rings. The third-order valence-corrected chi connectivity index (χ3v) is 3.53. The summed E-state index contributed by atoms with van der Waals surface area (Å²) >= 11 is 6.43. The average molecular weight is 399 g/mol. The first-order valence-electron chi connectivity index (χ1n) is 5.50. The monoisotopic (exact) mass is 397 g/mol. The molecule has 1 amide bonds. The number of aromatic nitrogens is 1. The molecule has 2 rings (SSSR count). The van der Waals surface area contributed by atoms with E-state index in [2.05, 4.69) is 47.4 Å². The Balaban J connectivity index is 2.06. The number of phenols is 1. The number of nitrogens with one attached hydrogen (secondary N) is 1. The van der Waals surface area contributed by atoms with Crippen molar-refractivity contribution in [2.75, 3.05) is 0 Å². The molecule has 0 radical (unpaired) electrons. The van der Waals surface area contributed by atoms with Crippen molar-refractivity contribution in [2.45, 2.75) is 0 Å². The van der Waals surface area contributed by atoms with Gasteiger partial charge in [-0.15, -0.1) is 0 Å². The fourth-order valence-electron chi connectivity index (χ4n) is 1.38. The molecule has 0 saturated heterocycles. The molecular formula is C13H9Br2N3O2. The number of pyridine rings is 1. The van der Waals surface area contributed by atoms with Gasteiger partial charge in [-0.2, -0.15) is 5.10 Å². The van der Waals surface area contributed by atoms with Gasteiger partial charge in [0.15, 0.2) is 0 Å². The number of benzene rings is 1. The van der Waals surface area contributed by atoms with Crippen LogP contribution in [0.5, 0.6) is 5.75 Å². The molecule has 0 aliphatic rings. The molecule has 0 spiro atoms. The van der Waals surface area contributed by atoms with E-state index in [0.29, 0.717) is 14.5 Å². The van der Waals surface area contributed by atoms with Crippen molar-refractivity contribution in [1.82, 2.24) is 10.4 Å². The highest BCUT2D eigenvalue weighted by atomic mass is 79.9. The minimum atomic E-state index is -0.390. The van der Waals surface area contributed by atoms with Gasteiger partial charge >= 0.3 is 0 Å². The van der Waals surface area contributed by atoms with Crippen molar-refractivity contribution in [2.24, 2.45) is 5.10 Å². The molecule has 20 heavy (non-hydrogen) atoms. The lowest BCUT2D eigenvalue weighted by Gasteiger charge is -2.02. The summed E-state index contributed by atoms with van der Waals surface area (Å²) < 4.78 is 1.06. The van der Waals surface area contributed by atoms with Crippen LogP contribution in [0, 0.1) is 0 Å². The topological polar surface area (TPSA) is 74.6 Å². The Labute approximate surface area is 132 Å². The SMILES string of the molecule is O=C(N/N=C/c1cc(Br)c(O)c(Br)c1)c1ccccn1. The predicted octanol–water partition coefficient (Wildman–Crippen LogP) is 3.08. The van der Waals surface area contributed by atoms with Crippen LogP contribution in [0.15, 0.2) is 50.6 Å². The average Bonchev–Trinajstić information content (AvgIpc) is 2.45. The van der Waals surface area contributed by atoms with Crippen molar-refractivity contribution in [3.05, 3.63) is 56.7 Å². The van der Waals surface area contributed by atoms with E-state index in [1.165, 1.54) is 12.4 Å². The lowest BCUT2D eigenvalue weighted by atomic mass is 10.2. The van der Waals surface area contributed by atoms with Crippen LogP contribution in [0.1, 0.15) is 16.1 Å². The summed E-state index contributed by atoms with van der Waals surface area (Å²) in [7, 11) is 0. The number of halogens is 2. The van der Waals surface area contributed by atoms with Crippen molar-refractivity contribution in [1.29, 1.82) is 0 Å². The molecule has 0 unspecified atom stereocenters. The van der Waals surface area contributed by atoms with Crippen LogP contribution in [0.4, 0.5) is 0 Å². The van der Waals surface area contributed by atoms with E-state index >= 15 is 0 Å². The number of amides is 1. The van der Waals surface area contributed by atoms with Gasteiger partial charge in [0.2, 0.25) is 0 Å². The van der Waals surface area contributed by atoms with Gasteiger partial charge in [-0.1, -0.05) is 6.07 Å². The van der Waals surface area contributed by atoms with E-state index in [1.807, 2.05) is 0 Å². The number of aromatic hydroxyl groups is 1. The summed E-state index contributed by atoms with van der Waals surface area (Å²) in [6, 6.07) is 8.40. The van der Waals surface area contributed by atoms with Gasteiger partial charge in [0, 0.05) is 6.20 Å². The Hall–Kier alpha value is -1.73. The number of nitrogens with zero attached hydrogens (tertiary/aromatic N) is 2. The summed E-state index contributed by atoms with van der Waals surface area (Å²) in [4.78, 5) is 15.6. The van der Waals surface area contributed by atoms with Crippen LogP contribution < -0.4 is 5.43 Å². The summed E-state index contributed by atoms with van der Waals surface area (Å²) in [5, 5.41) is 13.4. The number of carbonyl (C=O) groups excluding carboxylic acids is 1. The number of rotatable bonds is 3. The molecule has 1 aromatic carbocycles. The van der Waals surface area contributed by atoms with Crippen molar-refractivity contribution in [3.8, 4) is 5.75 Å². The van der Waals surface area contributed by atoms with E-state index in [1.54, 1.807) is 30.3 Å². The van der Waals surface area contributed by atoms with Crippen LogP contribution in [0.25, 0.3) is 0 Å². The molecule has 0 aliphatic carbocycles. The van der Waals surface area contributed by atoms with E-state index < -0.39 is 5.91 Å². The van der Waals surface area contributed by atoms with Gasteiger partial charge in [0.1, 0.15) is 11.4 Å². The van der Waals surface area contributed by atoms with Crippen molar-refractivity contribution >= 4 is 44.0 Å². The standard InChI is InChI=1S/C13H9Br2N3O2/c14-9-5-8(6-10(15)12(9)19)7-17-18-13(20)11-3-1-2-4-16-11/h1-7,19H,(H,18,20)/b17-7+. The molecule has 1 heterocycles. The normalized spacial score (nSPS) is 10.7. The number of carbonyl (C=O) groups is 1. The lowest BCUT2D eigenvalue weighted by molar-refractivity contribution is 0.0950. The van der Waals surface area contributed by atoms with E-state index in [4.69, 9.17) is 0 Å². The fraction of sp³-hybridized carbons (Fsp3) is 0. The maximum atomic E-state index is 11.7. The zero-order chi connectivity index (χ0) is 14.5. The lowest BCUT2D eigenvalue weighted by Crippen LogP contribution is -2.18. The number of hydrogen-bond acceptors (Lipinski definition) is 4. The highest BCUT2D eigenvalue weighted by molar-refractivity contribution is 9.11. The van der Waals surface area contributed by atoms with Crippen molar-refractivity contribution in [3.63, 3.8) is 0 Å². The zero-order valence-electron chi connectivity index (χ0n) is 10.0. The first kappa shape index (κ1) is 14.7. The summed E-state index contributed by atoms with van der Waals surface area (Å²) in [5.74, 6) is -0.279. The van der Waals surface area contributed by atoms with Crippen LogP contribution in [0.3, 0.4) is 0 Å². The van der Waals surface area contributed by atoms with Crippen LogP contribution in [-0.4, -0.2) is 22.2 Å². The highest BCUT2D eigenvalue weighted by Crippen LogP contribution is 2.32. The Morgan fingerprint density at radius 2 is 2.00 bits per heavy atom. The second-order valence-corrected chi connectivity index (χ2v) is 5.46. The zero-order valence-corrected chi connectivity index (χ0v) is 13.2. The largest absolute Gasteiger partial charge is 0.506 e. The maximum absolute atomic E-state index is 11.7. The first-order valence-corrected chi connectivity index (χ1v) is 7.09. The Bertz CT molecular complexity index is 637.